The summed E-state index contributed by atoms with van der Waals surface area (Å²) in [5, 5.41) is 0.636. The maximum Gasteiger partial charge on any atom is 0.349 e. The van der Waals surface area contributed by atoms with Crippen molar-refractivity contribution in [3.8, 4) is 11.5 Å². The lowest BCUT2D eigenvalue weighted by molar-refractivity contribution is -0.136. The Morgan fingerprint density at radius 1 is 1.04 bits per heavy atom. The lowest BCUT2D eigenvalue weighted by atomic mass is 9.85. The summed E-state index contributed by atoms with van der Waals surface area (Å²) in [6.45, 7) is 10.0. The van der Waals surface area contributed by atoms with Gasteiger partial charge in [-0.2, -0.15) is 0 Å². The summed E-state index contributed by atoms with van der Waals surface area (Å²) in [6.07, 6.45) is 0. The van der Waals surface area contributed by atoms with Crippen molar-refractivity contribution in [2.24, 2.45) is 0 Å². The highest BCUT2D eigenvalue weighted by Gasteiger charge is 2.21. The lowest BCUT2D eigenvalue weighted by Gasteiger charge is -2.22. The van der Waals surface area contributed by atoms with Gasteiger partial charge in [0.05, 0.1) is 0 Å². The minimum Gasteiger partial charge on any atom is -0.482 e. The molecule has 0 saturated heterocycles. The lowest BCUT2D eigenvalue weighted by Crippen LogP contribution is -2.21. The number of hydrogen-bond donors (Lipinski definition) is 0. The zero-order valence-electron chi connectivity index (χ0n) is 14.8. The summed E-state index contributed by atoms with van der Waals surface area (Å²) >= 11 is 5.91. The van der Waals surface area contributed by atoms with Gasteiger partial charge in [0.1, 0.15) is 11.5 Å². The molecule has 0 spiro atoms. The molecule has 0 amide bonds. The Balaban J connectivity index is 2.08. The third-order valence-electron chi connectivity index (χ3n) is 3.65. The molecule has 2 aromatic carbocycles. The van der Waals surface area contributed by atoms with Crippen molar-refractivity contribution in [2.45, 2.75) is 40.0 Å². The number of rotatable bonds is 4. The molecule has 128 valence electrons. The van der Waals surface area contributed by atoms with Crippen LogP contribution < -0.4 is 9.47 Å². The molecule has 0 heterocycles. The average molecular weight is 347 g/mol. The van der Waals surface area contributed by atoms with Gasteiger partial charge in [0, 0.05) is 10.6 Å². The van der Waals surface area contributed by atoms with E-state index in [0.717, 1.165) is 16.7 Å². The Bertz CT molecular complexity index is 745. The maximum absolute atomic E-state index is 12.2. The predicted octanol–water partition coefficient (Wildman–Crippen LogP) is 5.24. The SMILES string of the molecule is Cc1ccc(OC(=O)COc2ccc(Cl)cc2C)c(C(C)(C)C)c1. The van der Waals surface area contributed by atoms with Crippen molar-refractivity contribution in [2.75, 3.05) is 6.61 Å². The van der Waals surface area contributed by atoms with Crippen LogP contribution in [0, 0.1) is 13.8 Å². The van der Waals surface area contributed by atoms with Crippen LogP contribution >= 0.6 is 11.6 Å². The summed E-state index contributed by atoms with van der Waals surface area (Å²) in [5.74, 6) is 0.768. The molecule has 0 atom stereocenters. The topological polar surface area (TPSA) is 35.5 Å². The van der Waals surface area contributed by atoms with Crippen LogP contribution in [-0.4, -0.2) is 12.6 Å². The highest BCUT2D eigenvalue weighted by atomic mass is 35.5. The zero-order chi connectivity index (χ0) is 17.9. The van der Waals surface area contributed by atoms with E-state index in [9.17, 15) is 4.79 Å². The van der Waals surface area contributed by atoms with Crippen molar-refractivity contribution >= 4 is 17.6 Å². The Hall–Kier alpha value is -2.00. The van der Waals surface area contributed by atoms with Crippen LogP contribution in [0.1, 0.15) is 37.5 Å². The number of esters is 1. The highest BCUT2D eigenvalue weighted by molar-refractivity contribution is 6.30. The monoisotopic (exact) mass is 346 g/mol. The van der Waals surface area contributed by atoms with E-state index in [2.05, 4.69) is 20.8 Å². The molecule has 3 nitrogen and oxygen atoms in total. The molecule has 0 aliphatic heterocycles. The summed E-state index contributed by atoms with van der Waals surface area (Å²) in [7, 11) is 0. The second-order valence-corrected chi connectivity index (χ2v) is 7.36. The third kappa shape index (κ3) is 4.75. The number of aryl methyl sites for hydroxylation is 2. The van der Waals surface area contributed by atoms with E-state index in [0.29, 0.717) is 16.5 Å². The minimum atomic E-state index is -0.432. The Morgan fingerprint density at radius 2 is 1.71 bits per heavy atom. The summed E-state index contributed by atoms with van der Waals surface area (Å²) < 4.78 is 11.1. The first-order chi connectivity index (χ1) is 11.2. The van der Waals surface area contributed by atoms with Gasteiger partial charge in [0.25, 0.3) is 0 Å². The molecule has 0 aromatic heterocycles. The van der Waals surface area contributed by atoms with Crippen molar-refractivity contribution in [1.82, 2.24) is 0 Å². The molecule has 0 aliphatic carbocycles. The first-order valence-electron chi connectivity index (χ1n) is 7.87. The first-order valence-corrected chi connectivity index (χ1v) is 8.25. The van der Waals surface area contributed by atoms with Gasteiger partial charge in [-0.25, -0.2) is 4.79 Å². The van der Waals surface area contributed by atoms with Crippen LogP contribution in [-0.2, 0) is 10.2 Å². The van der Waals surface area contributed by atoms with Crippen molar-refractivity contribution in [3.05, 3.63) is 58.1 Å². The number of halogens is 1. The quantitative estimate of drug-likeness (QED) is 0.561. The normalized spacial score (nSPS) is 11.2. The van der Waals surface area contributed by atoms with Crippen molar-refractivity contribution in [1.29, 1.82) is 0 Å². The van der Waals surface area contributed by atoms with Crippen molar-refractivity contribution < 1.29 is 14.3 Å². The second kappa shape index (κ2) is 7.27. The van der Waals surface area contributed by atoms with Gasteiger partial charge in [-0.15, -0.1) is 0 Å². The van der Waals surface area contributed by atoms with Crippen LogP contribution in [0.3, 0.4) is 0 Å². The third-order valence-corrected chi connectivity index (χ3v) is 3.88. The number of carbonyl (C=O) groups excluding carboxylic acids is 1. The van der Waals surface area contributed by atoms with Gasteiger partial charge in [-0.1, -0.05) is 50.1 Å². The van der Waals surface area contributed by atoms with E-state index in [1.165, 1.54) is 0 Å². The van der Waals surface area contributed by atoms with Crippen LogP contribution in [0.2, 0.25) is 5.02 Å². The Kier molecular flexibility index (Phi) is 5.55. The van der Waals surface area contributed by atoms with E-state index in [1.807, 2.05) is 32.0 Å². The van der Waals surface area contributed by atoms with E-state index >= 15 is 0 Å². The minimum absolute atomic E-state index is 0.116. The molecule has 0 unspecified atom stereocenters. The Labute approximate surface area is 148 Å². The summed E-state index contributed by atoms with van der Waals surface area (Å²) in [6, 6.07) is 11.1. The maximum atomic E-state index is 12.2. The van der Waals surface area contributed by atoms with Gasteiger partial charge < -0.3 is 9.47 Å². The molecule has 2 rings (SSSR count). The van der Waals surface area contributed by atoms with E-state index < -0.39 is 5.97 Å². The zero-order valence-corrected chi connectivity index (χ0v) is 15.5. The molecular formula is C20H23ClO3. The molecule has 24 heavy (non-hydrogen) atoms. The highest BCUT2D eigenvalue weighted by Crippen LogP contribution is 2.32. The molecule has 4 heteroatoms. The van der Waals surface area contributed by atoms with E-state index in [1.54, 1.807) is 18.2 Å². The number of hydrogen-bond acceptors (Lipinski definition) is 3. The number of ether oxygens (including phenoxy) is 2. The molecular weight excluding hydrogens is 324 g/mol. The van der Waals surface area contributed by atoms with Crippen molar-refractivity contribution in [3.63, 3.8) is 0 Å². The molecule has 0 radical (unpaired) electrons. The second-order valence-electron chi connectivity index (χ2n) is 6.92. The molecule has 0 N–H and O–H groups in total. The molecule has 0 fully saturated rings. The smallest absolute Gasteiger partial charge is 0.349 e. The van der Waals surface area contributed by atoms with Gasteiger partial charge in [0.2, 0.25) is 0 Å². The first kappa shape index (κ1) is 18.3. The fourth-order valence-electron chi connectivity index (χ4n) is 2.38. The fourth-order valence-corrected chi connectivity index (χ4v) is 2.61. The van der Waals surface area contributed by atoms with Crippen LogP contribution in [0.25, 0.3) is 0 Å². The number of benzene rings is 2. The van der Waals surface area contributed by atoms with Crippen LogP contribution in [0.15, 0.2) is 36.4 Å². The van der Waals surface area contributed by atoms with Crippen LogP contribution in [0.5, 0.6) is 11.5 Å². The fraction of sp³-hybridized carbons (Fsp3) is 0.350. The Morgan fingerprint density at radius 3 is 2.33 bits per heavy atom. The van der Waals surface area contributed by atoms with Crippen LogP contribution in [0.4, 0.5) is 0 Å². The largest absolute Gasteiger partial charge is 0.482 e. The predicted molar refractivity (Wildman–Crippen MR) is 97.2 cm³/mol. The molecule has 2 aromatic rings. The molecule has 0 bridgehead atoms. The van der Waals surface area contributed by atoms with E-state index in [-0.39, 0.29) is 12.0 Å². The van der Waals surface area contributed by atoms with Gasteiger partial charge in [-0.05, 0) is 49.1 Å². The van der Waals surface area contributed by atoms with Gasteiger partial charge >= 0.3 is 5.97 Å². The average Bonchev–Trinajstić information content (AvgIpc) is 2.47. The number of carbonyl (C=O) groups is 1. The standard InChI is InChI=1S/C20H23ClO3/c1-13-6-8-18(16(10-13)20(3,4)5)24-19(22)12-23-17-9-7-15(21)11-14(17)2/h6-11H,12H2,1-5H3. The van der Waals surface area contributed by atoms with Gasteiger partial charge in [0.15, 0.2) is 6.61 Å². The summed E-state index contributed by atoms with van der Waals surface area (Å²) in [5.41, 5.74) is 2.89. The molecule has 0 saturated carbocycles. The molecule has 0 aliphatic rings. The summed E-state index contributed by atoms with van der Waals surface area (Å²) in [4.78, 5) is 12.2. The van der Waals surface area contributed by atoms with Gasteiger partial charge in [-0.3, -0.25) is 0 Å². The van der Waals surface area contributed by atoms with E-state index in [4.69, 9.17) is 21.1 Å².